The van der Waals surface area contributed by atoms with Crippen LogP contribution in [0.25, 0.3) is 0 Å². The highest BCUT2D eigenvalue weighted by atomic mass is 16.5. The lowest BCUT2D eigenvalue weighted by Crippen LogP contribution is -2.37. The summed E-state index contributed by atoms with van der Waals surface area (Å²) in [5, 5.41) is 19.2. The highest BCUT2D eigenvalue weighted by Gasteiger charge is 2.33. The van der Waals surface area contributed by atoms with Gasteiger partial charge < -0.3 is 14.9 Å². The summed E-state index contributed by atoms with van der Waals surface area (Å²) in [5.41, 5.74) is 0. The maximum atomic E-state index is 9.69. The molecule has 0 spiro atoms. The highest BCUT2D eigenvalue weighted by Crippen LogP contribution is 2.25. The van der Waals surface area contributed by atoms with Crippen molar-refractivity contribution < 1.29 is 14.9 Å². The third-order valence-corrected chi connectivity index (χ3v) is 2.84. The number of aliphatic hydroxyl groups excluding tert-OH is 2. The Labute approximate surface area is 78.0 Å². The van der Waals surface area contributed by atoms with Crippen LogP contribution in [0.2, 0.25) is 0 Å². The van der Waals surface area contributed by atoms with Gasteiger partial charge in [-0.15, -0.1) is 0 Å². The van der Waals surface area contributed by atoms with E-state index < -0.39 is 12.2 Å². The van der Waals surface area contributed by atoms with Crippen LogP contribution < -0.4 is 0 Å². The van der Waals surface area contributed by atoms with Crippen molar-refractivity contribution >= 4 is 0 Å². The summed E-state index contributed by atoms with van der Waals surface area (Å²) in [4.78, 5) is 0. The molecule has 2 aliphatic heterocycles. The van der Waals surface area contributed by atoms with Gasteiger partial charge in [-0.1, -0.05) is 12.2 Å². The van der Waals surface area contributed by atoms with Crippen molar-refractivity contribution in [3.8, 4) is 0 Å². The molecular weight excluding hydrogens is 168 g/mol. The average Bonchev–Trinajstić information content (AvgIpc) is 2.43. The molecule has 2 rings (SSSR count). The van der Waals surface area contributed by atoms with Crippen LogP contribution in [-0.2, 0) is 4.74 Å². The Morgan fingerprint density at radius 1 is 1.15 bits per heavy atom. The van der Waals surface area contributed by atoms with Crippen molar-refractivity contribution in [2.24, 2.45) is 0 Å². The molecule has 4 unspecified atom stereocenters. The second kappa shape index (κ2) is 3.78. The van der Waals surface area contributed by atoms with Crippen molar-refractivity contribution in [2.45, 2.75) is 50.1 Å². The number of hydrogen-bond donors (Lipinski definition) is 2. The van der Waals surface area contributed by atoms with Gasteiger partial charge in [0.25, 0.3) is 0 Å². The Kier molecular flexibility index (Phi) is 2.67. The second-order valence-corrected chi connectivity index (χ2v) is 3.85. The zero-order valence-electron chi connectivity index (χ0n) is 7.60. The maximum Gasteiger partial charge on any atom is 0.106 e. The third kappa shape index (κ3) is 1.93. The minimum Gasteiger partial charge on any atom is -0.390 e. The molecule has 0 aromatic rings. The van der Waals surface area contributed by atoms with Gasteiger partial charge in [0.2, 0.25) is 0 Å². The Balaban J connectivity index is 2.12. The van der Waals surface area contributed by atoms with Gasteiger partial charge in [-0.05, 0) is 25.7 Å². The quantitative estimate of drug-likeness (QED) is 0.542. The molecule has 74 valence electrons. The molecule has 3 heteroatoms. The summed E-state index contributed by atoms with van der Waals surface area (Å²) in [6.07, 6.45) is 5.94. The van der Waals surface area contributed by atoms with Crippen LogP contribution >= 0.6 is 0 Å². The van der Waals surface area contributed by atoms with Crippen molar-refractivity contribution in [1.29, 1.82) is 0 Å². The zero-order valence-corrected chi connectivity index (χ0v) is 7.60. The number of rotatable bonds is 0. The van der Waals surface area contributed by atoms with Gasteiger partial charge in [0, 0.05) is 0 Å². The van der Waals surface area contributed by atoms with Crippen LogP contribution in [-0.4, -0.2) is 34.6 Å². The van der Waals surface area contributed by atoms with Crippen LogP contribution in [0.15, 0.2) is 12.2 Å². The fourth-order valence-electron chi connectivity index (χ4n) is 2.02. The normalized spacial score (nSPS) is 45.4. The molecule has 4 atom stereocenters. The second-order valence-electron chi connectivity index (χ2n) is 3.85. The lowest BCUT2D eigenvalue weighted by Gasteiger charge is -2.23. The Bertz CT molecular complexity index is 202. The van der Waals surface area contributed by atoms with E-state index in [1.165, 1.54) is 0 Å². The van der Waals surface area contributed by atoms with E-state index in [2.05, 4.69) is 6.08 Å². The SMILES string of the molecule is OC1CCC2C=CCCC(O2)C1O. The van der Waals surface area contributed by atoms with E-state index in [9.17, 15) is 10.2 Å². The lowest BCUT2D eigenvalue weighted by molar-refractivity contribution is -0.0835. The molecule has 2 heterocycles. The fraction of sp³-hybridized carbons (Fsp3) is 0.800. The first-order chi connectivity index (χ1) is 6.27. The molecule has 2 aliphatic rings. The van der Waals surface area contributed by atoms with E-state index >= 15 is 0 Å². The fourth-order valence-corrected chi connectivity index (χ4v) is 2.02. The van der Waals surface area contributed by atoms with Gasteiger partial charge in [0.05, 0.1) is 18.3 Å². The Morgan fingerprint density at radius 2 is 2.00 bits per heavy atom. The highest BCUT2D eigenvalue weighted by molar-refractivity contribution is 4.97. The van der Waals surface area contributed by atoms with Gasteiger partial charge in [0.15, 0.2) is 0 Å². The van der Waals surface area contributed by atoms with E-state index in [1.807, 2.05) is 6.08 Å². The molecule has 2 N–H and O–H groups in total. The van der Waals surface area contributed by atoms with E-state index in [0.717, 1.165) is 19.3 Å². The van der Waals surface area contributed by atoms with E-state index in [4.69, 9.17) is 4.74 Å². The van der Waals surface area contributed by atoms with Crippen LogP contribution in [0.3, 0.4) is 0 Å². The number of fused-ring (bicyclic) bond motifs is 2. The van der Waals surface area contributed by atoms with Crippen molar-refractivity contribution in [1.82, 2.24) is 0 Å². The van der Waals surface area contributed by atoms with E-state index in [-0.39, 0.29) is 12.2 Å². The molecule has 0 radical (unpaired) electrons. The largest absolute Gasteiger partial charge is 0.390 e. The molecule has 2 bridgehead atoms. The molecule has 0 aromatic heterocycles. The van der Waals surface area contributed by atoms with Gasteiger partial charge >= 0.3 is 0 Å². The first-order valence-corrected chi connectivity index (χ1v) is 4.95. The van der Waals surface area contributed by atoms with Gasteiger partial charge in [-0.25, -0.2) is 0 Å². The number of aliphatic hydroxyl groups is 2. The predicted octanol–water partition coefficient (Wildman–Crippen LogP) is 0.606. The summed E-state index contributed by atoms with van der Waals surface area (Å²) >= 11 is 0. The number of ether oxygens (including phenoxy) is 1. The topological polar surface area (TPSA) is 49.7 Å². The van der Waals surface area contributed by atoms with Crippen molar-refractivity contribution in [2.75, 3.05) is 0 Å². The number of hydrogen-bond acceptors (Lipinski definition) is 3. The average molecular weight is 184 g/mol. The summed E-state index contributed by atoms with van der Waals surface area (Å²) < 4.78 is 5.66. The van der Waals surface area contributed by atoms with Crippen molar-refractivity contribution in [3.63, 3.8) is 0 Å². The minimum atomic E-state index is -0.704. The first-order valence-electron chi connectivity index (χ1n) is 4.95. The Morgan fingerprint density at radius 3 is 2.85 bits per heavy atom. The molecule has 0 saturated carbocycles. The van der Waals surface area contributed by atoms with Crippen LogP contribution in [0.4, 0.5) is 0 Å². The summed E-state index contributed by atoms with van der Waals surface area (Å²) in [5.74, 6) is 0. The smallest absolute Gasteiger partial charge is 0.106 e. The zero-order chi connectivity index (χ0) is 9.26. The molecule has 13 heavy (non-hydrogen) atoms. The summed E-state index contributed by atoms with van der Waals surface area (Å²) in [7, 11) is 0. The number of allylic oxidation sites excluding steroid dienone is 1. The predicted molar refractivity (Wildman–Crippen MR) is 48.3 cm³/mol. The monoisotopic (exact) mass is 184 g/mol. The van der Waals surface area contributed by atoms with Gasteiger partial charge in [-0.2, -0.15) is 0 Å². The van der Waals surface area contributed by atoms with Gasteiger partial charge in [-0.3, -0.25) is 0 Å². The molecule has 0 aliphatic carbocycles. The standard InChI is InChI=1S/C10H16O3/c11-8-6-5-7-3-1-2-4-9(13-7)10(8)12/h1,3,7-12H,2,4-6H2. The summed E-state index contributed by atoms with van der Waals surface area (Å²) in [6.45, 7) is 0. The third-order valence-electron chi connectivity index (χ3n) is 2.84. The van der Waals surface area contributed by atoms with E-state index in [1.54, 1.807) is 0 Å². The molecule has 3 nitrogen and oxygen atoms in total. The van der Waals surface area contributed by atoms with Crippen LogP contribution in [0.1, 0.15) is 25.7 Å². The minimum absolute atomic E-state index is 0.0966. The molecule has 1 fully saturated rings. The van der Waals surface area contributed by atoms with Crippen LogP contribution in [0, 0.1) is 0 Å². The maximum absolute atomic E-state index is 9.69. The molecule has 1 saturated heterocycles. The van der Waals surface area contributed by atoms with Crippen molar-refractivity contribution in [3.05, 3.63) is 12.2 Å². The molecular formula is C10H16O3. The van der Waals surface area contributed by atoms with E-state index in [0.29, 0.717) is 6.42 Å². The summed E-state index contributed by atoms with van der Waals surface area (Å²) in [6, 6.07) is 0. The van der Waals surface area contributed by atoms with Crippen LogP contribution in [0.5, 0.6) is 0 Å². The molecule has 0 amide bonds. The Hall–Kier alpha value is -0.380. The van der Waals surface area contributed by atoms with Gasteiger partial charge in [0.1, 0.15) is 6.10 Å². The lowest BCUT2D eigenvalue weighted by atomic mass is 10.00. The first kappa shape index (κ1) is 9.19. The molecule has 0 aromatic carbocycles.